The van der Waals surface area contributed by atoms with Crippen molar-refractivity contribution in [3.8, 4) is 0 Å². The number of amides is 1. The molecule has 1 aliphatic carbocycles. The molecular formula is C27H36N2O2S. The fourth-order valence-electron chi connectivity index (χ4n) is 5.26. The van der Waals surface area contributed by atoms with Crippen LogP contribution in [0.3, 0.4) is 0 Å². The molecule has 172 valence electrons. The number of hydrogen-bond acceptors (Lipinski definition) is 4. The number of carbonyl (C=O) groups excluding carboxylic acids is 1. The van der Waals surface area contributed by atoms with Crippen molar-refractivity contribution in [3.05, 3.63) is 65.7 Å². The van der Waals surface area contributed by atoms with Gasteiger partial charge in [0.1, 0.15) is 0 Å². The van der Waals surface area contributed by atoms with Crippen molar-refractivity contribution >= 4 is 17.7 Å². The highest BCUT2D eigenvalue weighted by Crippen LogP contribution is 2.36. The Hall–Kier alpha value is -1.82. The van der Waals surface area contributed by atoms with Crippen molar-refractivity contribution < 1.29 is 9.90 Å². The van der Waals surface area contributed by atoms with Gasteiger partial charge < -0.3 is 15.3 Å². The van der Waals surface area contributed by atoms with Gasteiger partial charge in [0, 0.05) is 29.3 Å². The molecule has 4 nitrogen and oxygen atoms in total. The van der Waals surface area contributed by atoms with E-state index in [1.165, 1.54) is 32.1 Å². The van der Waals surface area contributed by atoms with E-state index in [1.54, 1.807) is 11.8 Å². The molecule has 1 heterocycles. The Bertz CT molecular complexity index is 875. The number of aliphatic hydroxyl groups excluding tert-OH is 1. The molecule has 2 fully saturated rings. The summed E-state index contributed by atoms with van der Waals surface area (Å²) in [5.41, 5.74) is 1.63. The number of piperidine rings is 1. The Morgan fingerprint density at radius 3 is 2.56 bits per heavy atom. The van der Waals surface area contributed by atoms with Crippen LogP contribution in [0.15, 0.2) is 59.5 Å². The molecule has 1 aliphatic heterocycles. The van der Waals surface area contributed by atoms with Gasteiger partial charge >= 0.3 is 0 Å². The Morgan fingerprint density at radius 1 is 1.06 bits per heavy atom. The number of aliphatic hydroxyl groups is 1. The molecule has 5 heteroatoms. The lowest BCUT2D eigenvalue weighted by molar-refractivity contribution is 0.0344. The minimum Gasteiger partial charge on any atom is -0.390 e. The second-order valence-electron chi connectivity index (χ2n) is 9.44. The molecule has 2 aromatic carbocycles. The van der Waals surface area contributed by atoms with Gasteiger partial charge in [0.25, 0.3) is 5.91 Å². The monoisotopic (exact) mass is 452 g/mol. The summed E-state index contributed by atoms with van der Waals surface area (Å²) in [5, 5.41) is 14.4. The second-order valence-corrected chi connectivity index (χ2v) is 10.5. The molecule has 0 bridgehead atoms. The summed E-state index contributed by atoms with van der Waals surface area (Å²) in [6.07, 6.45) is 6.09. The number of thioether (sulfide) groups is 1. The lowest BCUT2D eigenvalue weighted by atomic mass is 9.75. The van der Waals surface area contributed by atoms with E-state index in [-0.39, 0.29) is 11.9 Å². The number of fused-ring (bicyclic) bond motifs is 1. The third-order valence-electron chi connectivity index (χ3n) is 7.16. The molecule has 2 aromatic rings. The molecule has 0 aromatic heterocycles. The molecule has 2 N–H and O–H groups in total. The first-order chi connectivity index (χ1) is 15.6. The minimum atomic E-state index is -0.598. The highest BCUT2D eigenvalue weighted by molar-refractivity contribution is 7.99. The van der Waals surface area contributed by atoms with Crippen LogP contribution in [0.25, 0.3) is 0 Å². The Labute approximate surface area is 196 Å². The van der Waals surface area contributed by atoms with Crippen molar-refractivity contribution in [2.45, 2.75) is 56.1 Å². The van der Waals surface area contributed by atoms with Crippen molar-refractivity contribution in [1.82, 2.24) is 10.2 Å². The van der Waals surface area contributed by atoms with Crippen LogP contribution in [0.5, 0.6) is 0 Å². The molecule has 0 radical (unpaired) electrons. The van der Waals surface area contributed by atoms with Crippen LogP contribution in [0.2, 0.25) is 0 Å². The number of carbonyl (C=O) groups is 1. The third kappa shape index (κ3) is 6.15. The van der Waals surface area contributed by atoms with Crippen LogP contribution in [0.4, 0.5) is 0 Å². The van der Waals surface area contributed by atoms with Crippen molar-refractivity contribution in [2.24, 2.45) is 11.8 Å². The van der Waals surface area contributed by atoms with E-state index in [9.17, 15) is 9.90 Å². The van der Waals surface area contributed by atoms with Gasteiger partial charge in [-0.1, -0.05) is 55.7 Å². The maximum absolute atomic E-state index is 13.0. The zero-order valence-electron chi connectivity index (χ0n) is 19.1. The van der Waals surface area contributed by atoms with Gasteiger partial charge in [-0.25, -0.2) is 0 Å². The standard InChI is InChI=1S/C27H36N2O2S/c1-20-9-5-8-14-24(20)27(31)28-25(19-32-23-12-3-2-4-13-23)26(30)18-29-16-15-21-10-6-7-11-22(21)17-29/h2-5,8-9,12-14,21-22,25-26,30H,6-7,10-11,15-19H2,1H3,(H,28,31). The average Bonchev–Trinajstić information content (AvgIpc) is 2.82. The Kier molecular flexibility index (Phi) is 8.28. The molecule has 0 spiro atoms. The van der Waals surface area contributed by atoms with Gasteiger partial charge in [0.05, 0.1) is 12.1 Å². The number of nitrogens with one attached hydrogen (secondary N) is 1. The van der Waals surface area contributed by atoms with Gasteiger partial charge in [0.2, 0.25) is 0 Å². The molecule has 4 atom stereocenters. The molecule has 4 rings (SSSR count). The summed E-state index contributed by atoms with van der Waals surface area (Å²) in [4.78, 5) is 16.6. The molecule has 1 saturated heterocycles. The van der Waals surface area contributed by atoms with Crippen LogP contribution >= 0.6 is 11.8 Å². The average molecular weight is 453 g/mol. The number of aryl methyl sites for hydroxylation is 1. The minimum absolute atomic E-state index is 0.105. The van der Waals surface area contributed by atoms with Crippen LogP contribution in [-0.4, -0.2) is 53.4 Å². The van der Waals surface area contributed by atoms with Crippen molar-refractivity contribution in [1.29, 1.82) is 0 Å². The van der Waals surface area contributed by atoms with Gasteiger partial charge in [0.15, 0.2) is 0 Å². The first-order valence-electron chi connectivity index (χ1n) is 12.0. The van der Waals surface area contributed by atoms with Crippen LogP contribution < -0.4 is 5.32 Å². The topological polar surface area (TPSA) is 52.6 Å². The molecule has 2 aliphatic rings. The summed E-state index contributed by atoms with van der Waals surface area (Å²) in [5.74, 6) is 2.19. The van der Waals surface area contributed by atoms with E-state index in [0.717, 1.165) is 35.4 Å². The second kappa shape index (κ2) is 11.4. The molecular weight excluding hydrogens is 416 g/mol. The van der Waals surface area contributed by atoms with Crippen molar-refractivity contribution in [3.63, 3.8) is 0 Å². The summed E-state index contributed by atoms with van der Waals surface area (Å²) in [6.45, 7) is 4.72. The number of nitrogens with zero attached hydrogens (tertiary/aromatic N) is 1. The highest BCUT2D eigenvalue weighted by atomic mass is 32.2. The van der Waals surface area contributed by atoms with Crippen LogP contribution in [0, 0.1) is 18.8 Å². The van der Waals surface area contributed by atoms with E-state index >= 15 is 0 Å². The quantitative estimate of drug-likeness (QED) is 0.567. The Balaban J connectivity index is 1.41. The zero-order valence-corrected chi connectivity index (χ0v) is 19.9. The predicted octanol–water partition coefficient (Wildman–Crippen LogP) is 4.76. The van der Waals surface area contributed by atoms with Crippen molar-refractivity contribution in [2.75, 3.05) is 25.4 Å². The van der Waals surface area contributed by atoms with Gasteiger partial charge in [-0.05, 0) is 61.9 Å². The smallest absolute Gasteiger partial charge is 0.251 e. The van der Waals surface area contributed by atoms with E-state index in [4.69, 9.17) is 0 Å². The lowest BCUT2D eigenvalue weighted by Gasteiger charge is -2.42. The van der Waals surface area contributed by atoms with E-state index in [2.05, 4.69) is 22.3 Å². The maximum Gasteiger partial charge on any atom is 0.251 e. The van der Waals surface area contributed by atoms with E-state index < -0.39 is 6.10 Å². The normalized spacial score (nSPS) is 23.2. The summed E-state index contributed by atoms with van der Waals surface area (Å²) in [7, 11) is 0. The Morgan fingerprint density at radius 2 is 1.78 bits per heavy atom. The highest BCUT2D eigenvalue weighted by Gasteiger charge is 2.33. The molecule has 1 saturated carbocycles. The SMILES string of the molecule is Cc1ccccc1C(=O)NC(CSc1ccccc1)C(O)CN1CCC2CCCCC2C1. The number of rotatable bonds is 8. The summed E-state index contributed by atoms with van der Waals surface area (Å²) in [6, 6.07) is 17.5. The van der Waals surface area contributed by atoms with E-state index in [1.807, 2.05) is 49.4 Å². The van der Waals surface area contributed by atoms with Crippen LogP contribution in [0.1, 0.15) is 48.0 Å². The summed E-state index contributed by atoms with van der Waals surface area (Å²) >= 11 is 1.69. The van der Waals surface area contributed by atoms with Crippen LogP contribution in [-0.2, 0) is 0 Å². The van der Waals surface area contributed by atoms with E-state index in [0.29, 0.717) is 17.9 Å². The van der Waals surface area contributed by atoms with Gasteiger partial charge in [-0.3, -0.25) is 4.79 Å². The molecule has 32 heavy (non-hydrogen) atoms. The number of β-amino-alcohol motifs (C(OH)–C–C–N with tert-alkyl or cyclic N) is 1. The third-order valence-corrected chi connectivity index (χ3v) is 8.30. The summed E-state index contributed by atoms with van der Waals surface area (Å²) < 4.78 is 0. The largest absolute Gasteiger partial charge is 0.390 e. The number of benzene rings is 2. The fourth-order valence-corrected chi connectivity index (χ4v) is 6.29. The van der Waals surface area contributed by atoms with Gasteiger partial charge in [-0.15, -0.1) is 11.8 Å². The first kappa shape index (κ1) is 23.3. The zero-order chi connectivity index (χ0) is 22.3. The number of likely N-dealkylation sites (tertiary alicyclic amines) is 1. The first-order valence-corrected chi connectivity index (χ1v) is 13.0. The molecule has 4 unspecified atom stereocenters. The predicted molar refractivity (Wildman–Crippen MR) is 132 cm³/mol. The maximum atomic E-state index is 13.0. The lowest BCUT2D eigenvalue weighted by Crippen LogP contribution is -2.52. The van der Waals surface area contributed by atoms with Gasteiger partial charge in [-0.2, -0.15) is 0 Å². The fraction of sp³-hybridized carbons (Fsp3) is 0.519. The molecule has 1 amide bonds. The number of hydrogen-bond donors (Lipinski definition) is 2.